The van der Waals surface area contributed by atoms with Crippen molar-refractivity contribution < 1.29 is 14.4 Å². The molecule has 4 heterocycles. The predicted molar refractivity (Wildman–Crippen MR) is 131 cm³/mol. The van der Waals surface area contributed by atoms with Crippen molar-refractivity contribution >= 4 is 6.09 Å². The minimum Gasteiger partial charge on any atom is -0.465 e. The topological polar surface area (TPSA) is 128 Å². The molecule has 0 saturated carbocycles. The van der Waals surface area contributed by atoms with Crippen LogP contribution in [-0.2, 0) is 20.0 Å². The Morgan fingerprint density at radius 2 is 1.94 bits per heavy atom. The maximum atomic E-state index is 12.0. The van der Waals surface area contributed by atoms with E-state index < -0.39 is 11.6 Å². The Balaban J connectivity index is 1.30. The first kappa shape index (κ1) is 23.7. The van der Waals surface area contributed by atoms with E-state index in [-0.39, 0.29) is 5.41 Å². The highest BCUT2D eigenvalue weighted by Gasteiger charge is 2.52. The summed E-state index contributed by atoms with van der Waals surface area (Å²) < 4.78 is 9.11. The number of aromatic nitrogens is 7. The number of hydrogen-bond acceptors (Lipinski definition) is 7. The molecule has 1 fully saturated rings. The molecule has 1 amide bonds. The number of carboxylic acid groups (broad SMARTS) is 1. The van der Waals surface area contributed by atoms with Crippen molar-refractivity contribution in [3.8, 4) is 22.6 Å². The van der Waals surface area contributed by atoms with Crippen LogP contribution in [0.5, 0.6) is 0 Å². The summed E-state index contributed by atoms with van der Waals surface area (Å²) >= 11 is 0. The highest BCUT2D eigenvalue weighted by molar-refractivity contribution is 5.67. The van der Waals surface area contributed by atoms with E-state index >= 15 is 0 Å². The summed E-state index contributed by atoms with van der Waals surface area (Å²) in [6.45, 7) is 7.30. The van der Waals surface area contributed by atoms with E-state index in [1.807, 2.05) is 43.7 Å². The zero-order chi connectivity index (χ0) is 25.5. The second kappa shape index (κ2) is 8.89. The fourth-order valence-electron chi connectivity index (χ4n) is 5.09. The van der Waals surface area contributed by atoms with Gasteiger partial charge in [-0.3, -0.25) is 4.68 Å². The van der Waals surface area contributed by atoms with Gasteiger partial charge in [0.05, 0.1) is 30.9 Å². The Kier molecular flexibility index (Phi) is 5.85. The van der Waals surface area contributed by atoms with E-state index in [9.17, 15) is 9.90 Å². The minimum absolute atomic E-state index is 0.281. The summed E-state index contributed by atoms with van der Waals surface area (Å²) in [7, 11) is 1.87. The number of hydrogen-bond donors (Lipinski definition) is 1. The first-order chi connectivity index (χ1) is 17.1. The number of carbonyl (C=O) groups is 1. The lowest BCUT2D eigenvalue weighted by atomic mass is 9.70. The molecule has 5 rings (SSSR count). The Bertz CT molecular complexity index is 1360. The normalized spacial score (nSPS) is 18.2. The van der Waals surface area contributed by atoms with Crippen molar-refractivity contribution in [3.63, 3.8) is 0 Å². The fourth-order valence-corrected chi connectivity index (χ4v) is 5.09. The molecule has 1 N–H and O–H groups in total. The van der Waals surface area contributed by atoms with Gasteiger partial charge in [0, 0.05) is 30.9 Å². The molecule has 1 saturated heterocycles. The lowest BCUT2D eigenvalue weighted by Gasteiger charge is -2.46. The molecule has 0 spiro atoms. The third-order valence-electron chi connectivity index (χ3n) is 7.12. The first-order valence-corrected chi connectivity index (χ1v) is 12.0. The molecule has 188 valence electrons. The van der Waals surface area contributed by atoms with Gasteiger partial charge in [-0.2, -0.15) is 10.1 Å². The second-order valence-corrected chi connectivity index (χ2v) is 10.4. The van der Waals surface area contributed by atoms with Crippen LogP contribution in [0.15, 0.2) is 47.4 Å². The molecular formula is C25H30N8O3. The molecule has 11 nitrogen and oxygen atoms in total. The number of likely N-dealkylation sites (tertiary alicyclic amines) is 1. The molecular weight excluding hydrogens is 460 g/mol. The van der Waals surface area contributed by atoms with E-state index in [0.29, 0.717) is 31.2 Å². The lowest BCUT2D eigenvalue weighted by molar-refractivity contribution is 0.0254. The van der Waals surface area contributed by atoms with Crippen molar-refractivity contribution in [1.29, 1.82) is 0 Å². The Morgan fingerprint density at radius 3 is 2.61 bits per heavy atom. The van der Waals surface area contributed by atoms with Gasteiger partial charge in [0.1, 0.15) is 5.69 Å². The van der Waals surface area contributed by atoms with Gasteiger partial charge < -0.3 is 14.5 Å². The van der Waals surface area contributed by atoms with Gasteiger partial charge in [0.25, 0.3) is 0 Å². The van der Waals surface area contributed by atoms with Gasteiger partial charge in [0.15, 0.2) is 0 Å². The smallest absolute Gasteiger partial charge is 0.407 e. The van der Waals surface area contributed by atoms with Crippen molar-refractivity contribution in [2.75, 3.05) is 6.54 Å². The average molecular weight is 491 g/mol. The molecule has 1 aromatic carbocycles. The number of rotatable bonds is 6. The van der Waals surface area contributed by atoms with Crippen molar-refractivity contribution in [2.45, 2.75) is 52.1 Å². The van der Waals surface area contributed by atoms with E-state index in [0.717, 1.165) is 35.2 Å². The number of benzene rings is 1. The van der Waals surface area contributed by atoms with E-state index in [2.05, 4.69) is 46.3 Å². The third kappa shape index (κ3) is 4.36. The third-order valence-corrected chi connectivity index (χ3v) is 7.12. The Morgan fingerprint density at radius 1 is 1.17 bits per heavy atom. The summed E-state index contributed by atoms with van der Waals surface area (Å²) in [5, 5.41) is 26.6. The zero-order valence-electron chi connectivity index (χ0n) is 20.9. The molecule has 11 heteroatoms. The van der Waals surface area contributed by atoms with Crippen LogP contribution in [0, 0.1) is 5.41 Å². The minimum atomic E-state index is -0.905. The van der Waals surface area contributed by atoms with Crippen LogP contribution in [0.3, 0.4) is 0 Å². The van der Waals surface area contributed by atoms with Gasteiger partial charge >= 0.3 is 6.09 Å². The van der Waals surface area contributed by atoms with E-state index in [4.69, 9.17) is 4.52 Å². The summed E-state index contributed by atoms with van der Waals surface area (Å²) in [6, 6.07) is 7.89. The van der Waals surface area contributed by atoms with E-state index in [1.54, 1.807) is 20.5 Å². The predicted octanol–water partition coefficient (Wildman–Crippen LogP) is 3.88. The lowest BCUT2D eigenvalue weighted by Crippen LogP contribution is -2.56. The molecule has 36 heavy (non-hydrogen) atoms. The van der Waals surface area contributed by atoms with Crippen LogP contribution in [0.2, 0.25) is 0 Å². The van der Waals surface area contributed by atoms with Crippen molar-refractivity contribution in [2.24, 2.45) is 12.5 Å². The van der Waals surface area contributed by atoms with Crippen molar-refractivity contribution in [3.05, 3.63) is 54.3 Å². The zero-order valence-corrected chi connectivity index (χ0v) is 20.9. The van der Waals surface area contributed by atoms with Gasteiger partial charge in [-0.05, 0) is 23.8 Å². The van der Waals surface area contributed by atoms with Crippen LogP contribution in [-0.4, -0.2) is 63.1 Å². The monoisotopic (exact) mass is 490 g/mol. The summed E-state index contributed by atoms with van der Waals surface area (Å²) in [5.74, 6) is 0.933. The maximum Gasteiger partial charge on any atom is 0.407 e. The molecule has 1 aliphatic rings. The molecule has 1 atom stereocenters. The second-order valence-electron chi connectivity index (χ2n) is 10.4. The Labute approximate surface area is 208 Å². The summed E-state index contributed by atoms with van der Waals surface area (Å²) in [5.41, 5.74) is 2.71. The fraction of sp³-hybridized carbons (Fsp3) is 0.440. The first-order valence-electron chi connectivity index (χ1n) is 12.0. The molecule has 0 bridgehead atoms. The molecule has 0 radical (unpaired) electrons. The Hall–Kier alpha value is -4.02. The average Bonchev–Trinajstić information content (AvgIpc) is 3.61. The van der Waals surface area contributed by atoms with Crippen LogP contribution >= 0.6 is 0 Å². The molecule has 1 aliphatic heterocycles. The van der Waals surface area contributed by atoms with Crippen LogP contribution < -0.4 is 0 Å². The molecule has 0 aliphatic carbocycles. The van der Waals surface area contributed by atoms with Gasteiger partial charge in [-0.1, -0.05) is 55.4 Å². The maximum absolute atomic E-state index is 12.0. The van der Waals surface area contributed by atoms with Crippen LogP contribution in [0.1, 0.15) is 45.1 Å². The molecule has 1 unspecified atom stereocenters. The van der Waals surface area contributed by atoms with Gasteiger partial charge in [0.2, 0.25) is 11.7 Å². The summed E-state index contributed by atoms with van der Waals surface area (Å²) in [4.78, 5) is 18.1. The number of nitrogens with zero attached hydrogens (tertiary/aromatic N) is 8. The number of aryl methyl sites for hydroxylation is 1. The highest BCUT2D eigenvalue weighted by atomic mass is 16.5. The summed E-state index contributed by atoms with van der Waals surface area (Å²) in [6.07, 6.45) is 6.62. The van der Waals surface area contributed by atoms with Gasteiger partial charge in [-0.25, -0.2) is 9.48 Å². The largest absolute Gasteiger partial charge is 0.465 e. The van der Waals surface area contributed by atoms with Crippen molar-refractivity contribution in [1.82, 2.24) is 39.8 Å². The SMILES string of the molecule is Cn1cc(-c2cn(Cc3ccc(-c4noc(CC5(C(C)(C)C)CCCN5C(=O)O)n4)cc3)nn2)cn1. The standard InChI is InChI=1S/C25H30N8O3/c1-24(2,3)25(10-5-11-33(25)23(34)35)12-21-27-22(29-36-21)18-8-6-17(7-9-18)14-32-16-20(28-30-32)19-13-26-31(4)15-19/h6-9,13,15-16H,5,10-12,14H2,1-4H3,(H,34,35). The van der Waals surface area contributed by atoms with E-state index in [1.165, 1.54) is 0 Å². The quantitative estimate of drug-likeness (QED) is 0.431. The van der Waals surface area contributed by atoms with Crippen LogP contribution in [0.4, 0.5) is 4.79 Å². The molecule has 3 aromatic heterocycles. The number of amides is 1. The molecule has 4 aromatic rings. The van der Waals surface area contributed by atoms with Crippen LogP contribution in [0.25, 0.3) is 22.6 Å². The van der Waals surface area contributed by atoms with Gasteiger partial charge in [-0.15, -0.1) is 5.10 Å². The highest BCUT2D eigenvalue weighted by Crippen LogP contribution is 2.45.